The van der Waals surface area contributed by atoms with Crippen LogP contribution in [0.2, 0.25) is 0 Å². The minimum atomic E-state index is -0.167. The van der Waals surface area contributed by atoms with Crippen LogP contribution in [0, 0.1) is 13.8 Å². The van der Waals surface area contributed by atoms with Crippen molar-refractivity contribution in [1.29, 1.82) is 0 Å². The minimum Gasteiger partial charge on any atom is -0.376 e. The molecule has 0 radical (unpaired) electrons. The Labute approximate surface area is 197 Å². The van der Waals surface area contributed by atoms with Crippen molar-refractivity contribution in [3.8, 4) is 10.7 Å². The third-order valence-electron chi connectivity index (χ3n) is 6.27. The molecule has 32 heavy (non-hydrogen) atoms. The molecule has 2 aromatic heterocycles. The van der Waals surface area contributed by atoms with E-state index in [0.29, 0.717) is 23.4 Å². The molecule has 1 aromatic carbocycles. The van der Waals surface area contributed by atoms with Crippen LogP contribution in [0.1, 0.15) is 48.4 Å². The van der Waals surface area contributed by atoms with Crippen LogP contribution in [0.4, 0.5) is 0 Å². The Balaban J connectivity index is 1.59. The zero-order valence-electron chi connectivity index (χ0n) is 18.4. The summed E-state index contributed by atoms with van der Waals surface area (Å²) in [5.74, 6) is 1.12. The van der Waals surface area contributed by atoms with Crippen molar-refractivity contribution in [2.24, 2.45) is 0 Å². The van der Waals surface area contributed by atoms with E-state index < -0.39 is 0 Å². The molecule has 2 atom stereocenters. The molecule has 1 fully saturated rings. The fourth-order valence-electron chi connectivity index (χ4n) is 4.30. The topological polar surface area (TPSA) is 63.4 Å². The number of benzene rings is 1. The number of hydrogen-bond acceptors (Lipinski definition) is 6. The highest BCUT2D eigenvalue weighted by Crippen LogP contribution is 2.38. The summed E-state index contributed by atoms with van der Waals surface area (Å²) in [7, 11) is 0. The van der Waals surface area contributed by atoms with Gasteiger partial charge in [-0.3, -0.25) is 0 Å². The molecule has 0 spiro atoms. The first-order chi connectivity index (χ1) is 15.5. The number of thiocarbonyl (C=S) groups is 1. The van der Waals surface area contributed by atoms with E-state index in [-0.39, 0.29) is 12.1 Å². The van der Waals surface area contributed by atoms with E-state index in [9.17, 15) is 0 Å². The normalized spacial score (nSPS) is 21.3. The summed E-state index contributed by atoms with van der Waals surface area (Å²) in [6.07, 6.45) is 2.31. The van der Waals surface area contributed by atoms with Gasteiger partial charge in [-0.25, -0.2) is 0 Å². The predicted molar refractivity (Wildman–Crippen MR) is 130 cm³/mol. The Morgan fingerprint density at radius 2 is 2.09 bits per heavy atom. The molecule has 3 aromatic rings. The molecule has 0 bridgehead atoms. The summed E-state index contributed by atoms with van der Waals surface area (Å²) >= 11 is 7.40. The van der Waals surface area contributed by atoms with Crippen LogP contribution < -0.4 is 5.32 Å². The highest BCUT2D eigenvalue weighted by Gasteiger charge is 2.35. The van der Waals surface area contributed by atoms with Crippen LogP contribution in [0.5, 0.6) is 0 Å². The highest BCUT2D eigenvalue weighted by atomic mass is 32.1. The van der Waals surface area contributed by atoms with Crippen molar-refractivity contribution in [3.63, 3.8) is 0 Å². The first kappa shape index (κ1) is 21.3. The van der Waals surface area contributed by atoms with Gasteiger partial charge in [-0.2, -0.15) is 4.98 Å². The molecule has 0 aliphatic carbocycles. The van der Waals surface area contributed by atoms with Crippen molar-refractivity contribution >= 4 is 34.2 Å². The quantitative estimate of drug-likeness (QED) is 0.515. The molecule has 4 heterocycles. The summed E-state index contributed by atoms with van der Waals surface area (Å²) in [6.45, 7) is 7.86. The molecule has 1 saturated heterocycles. The van der Waals surface area contributed by atoms with Crippen LogP contribution in [0.3, 0.4) is 0 Å². The lowest BCUT2D eigenvalue weighted by atomic mass is 9.92. The lowest BCUT2D eigenvalue weighted by Gasteiger charge is -2.38. The smallest absolute Gasteiger partial charge is 0.258 e. The summed E-state index contributed by atoms with van der Waals surface area (Å²) in [4.78, 5) is 7.87. The molecule has 5 rings (SSSR count). The zero-order chi connectivity index (χ0) is 22.2. The van der Waals surface area contributed by atoms with Crippen molar-refractivity contribution in [2.75, 3.05) is 13.2 Å². The number of thiophene rings is 1. The number of ether oxygens (including phenoxy) is 1. The molecule has 2 aliphatic rings. The lowest BCUT2D eigenvalue weighted by Crippen LogP contribution is -2.48. The van der Waals surface area contributed by atoms with Crippen molar-refractivity contribution in [1.82, 2.24) is 20.4 Å². The number of aryl methyl sites for hydroxylation is 2. The Morgan fingerprint density at radius 3 is 2.81 bits per heavy atom. The molecule has 0 amide bonds. The average Bonchev–Trinajstić information content (AvgIpc) is 3.54. The van der Waals surface area contributed by atoms with Gasteiger partial charge in [0.25, 0.3) is 5.89 Å². The van der Waals surface area contributed by atoms with Gasteiger partial charge in [0, 0.05) is 12.3 Å². The Morgan fingerprint density at radius 1 is 1.22 bits per heavy atom. The maximum atomic E-state index is 5.89. The van der Waals surface area contributed by atoms with Gasteiger partial charge in [0.05, 0.1) is 29.1 Å². The van der Waals surface area contributed by atoms with E-state index in [2.05, 4.69) is 54.3 Å². The summed E-state index contributed by atoms with van der Waals surface area (Å²) in [6, 6.07) is 10.3. The van der Waals surface area contributed by atoms with Crippen molar-refractivity contribution in [3.05, 3.63) is 64.0 Å². The number of hydrogen-bond donors (Lipinski definition) is 1. The van der Waals surface area contributed by atoms with Gasteiger partial charge >= 0.3 is 0 Å². The third-order valence-corrected chi connectivity index (χ3v) is 7.47. The van der Waals surface area contributed by atoms with E-state index >= 15 is 0 Å². The van der Waals surface area contributed by atoms with Crippen LogP contribution in [-0.2, 0) is 4.74 Å². The molecule has 1 N–H and O–H groups in total. The molecule has 2 unspecified atom stereocenters. The van der Waals surface area contributed by atoms with Gasteiger partial charge in [-0.1, -0.05) is 29.4 Å². The van der Waals surface area contributed by atoms with Crippen LogP contribution in [-0.4, -0.2) is 39.4 Å². The van der Waals surface area contributed by atoms with E-state index in [1.165, 1.54) is 11.1 Å². The van der Waals surface area contributed by atoms with Gasteiger partial charge in [-0.05, 0) is 74.0 Å². The number of nitrogens with one attached hydrogen (secondary N) is 1. The standard InChI is InChI=1S/C24H26N4O2S2/c1-14-8-9-17(12-15(14)2)21-20(23-26-22(27-30-23)19-7-5-11-32-19)16(3)28(24(31)25-21)13-18-6-4-10-29-18/h5,7-9,11-12,18,21H,4,6,10,13H2,1-3H3,(H,25,31). The molecule has 166 valence electrons. The first-order valence-corrected chi connectivity index (χ1v) is 12.2. The van der Waals surface area contributed by atoms with Gasteiger partial charge < -0.3 is 19.5 Å². The number of aromatic nitrogens is 2. The van der Waals surface area contributed by atoms with Gasteiger partial charge in [-0.15, -0.1) is 11.3 Å². The number of allylic oxidation sites excluding steroid dienone is 1. The summed E-state index contributed by atoms with van der Waals surface area (Å²) in [5.41, 5.74) is 5.59. The molecule has 8 heteroatoms. The second kappa shape index (κ2) is 8.77. The lowest BCUT2D eigenvalue weighted by molar-refractivity contribution is 0.0962. The van der Waals surface area contributed by atoms with Crippen LogP contribution >= 0.6 is 23.6 Å². The average molecular weight is 467 g/mol. The fourth-order valence-corrected chi connectivity index (χ4v) is 5.28. The monoisotopic (exact) mass is 466 g/mol. The zero-order valence-corrected chi connectivity index (χ0v) is 20.1. The molecule has 2 aliphatic heterocycles. The Hall–Kier alpha value is -2.55. The highest BCUT2D eigenvalue weighted by molar-refractivity contribution is 7.80. The Bertz CT molecular complexity index is 1160. The maximum Gasteiger partial charge on any atom is 0.258 e. The van der Waals surface area contributed by atoms with E-state index in [0.717, 1.165) is 41.2 Å². The second-order valence-electron chi connectivity index (χ2n) is 8.37. The molecule has 0 saturated carbocycles. The predicted octanol–water partition coefficient (Wildman–Crippen LogP) is 5.26. The third kappa shape index (κ3) is 3.98. The molecular weight excluding hydrogens is 440 g/mol. The van der Waals surface area contributed by atoms with Crippen LogP contribution in [0.15, 0.2) is 45.9 Å². The second-order valence-corrected chi connectivity index (χ2v) is 9.71. The minimum absolute atomic E-state index is 0.167. The summed E-state index contributed by atoms with van der Waals surface area (Å²) in [5, 5.41) is 10.5. The van der Waals surface area contributed by atoms with Gasteiger partial charge in [0.1, 0.15) is 0 Å². The van der Waals surface area contributed by atoms with Gasteiger partial charge in [0.2, 0.25) is 5.82 Å². The maximum absolute atomic E-state index is 5.89. The Kier molecular flexibility index (Phi) is 5.84. The van der Waals surface area contributed by atoms with Crippen molar-refractivity contribution in [2.45, 2.75) is 45.8 Å². The van der Waals surface area contributed by atoms with Crippen LogP contribution in [0.25, 0.3) is 16.3 Å². The fraction of sp³-hybridized carbons (Fsp3) is 0.375. The van der Waals surface area contributed by atoms with Gasteiger partial charge in [0.15, 0.2) is 5.11 Å². The first-order valence-electron chi connectivity index (χ1n) is 10.9. The SMILES string of the molecule is CC1=C(c2nc(-c3cccs3)no2)C(c2ccc(C)c(C)c2)NC(=S)N1CC1CCCO1. The van der Waals surface area contributed by atoms with E-state index in [1.807, 2.05) is 17.5 Å². The summed E-state index contributed by atoms with van der Waals surface area (Å²) < 4.78 is 11.7. The largest absolute Gasteiger partial charge is 0.376 e. The molecule has 6 nitrogen and oxygen atoms in total. The number of nitrogens with zero attached hydrogens (tertiary/aromatic N) is 3. The van der Waals surface area contributed by atoms with E-state index in [4.69, 9.17) is 26.5 Å². The van der Waals surface area contributed by atoms with Crippen molar-refractivity contribution < 1.29 is 9.26 Å². The van der Waals surface area contributed by atoms with E-state index in [1.54, 1.807) is 11.3 Å². The molecular formula is C24H26N4O2S2. The number of rotatable bonds is 5.